The summed E-state index contributed by atoms with van der Waals surface area (Å²) in [5.74, 6) is -0.255. The van der Waals surface area contributed by atoms with Crippen molar-refractivity contribution in [2.24, 2.45) is 5.73 Å². The average Bonchev–Trinajstić information content (AvgIpc) is 2.63. The lowest BCUT2D eigenvalue weighted by Gasteiger charge is -2.13. The molecule has 3 N–H and O–H groups in total. The number of sulfone groups is 1. The van der Waals surface area contributed by atoms with Gasteiger partial charge in [-0.05, 0) is 53.9 Å². The molecule has 0 spiro atoms. The van der Waals surface area contributed by atoms with Crippen LogP contribution in [0.4, 0.5) is 0 Å². The van der Waals surface area contributed by atoms with Gasteiger partial charge in [0.05, 0.1) is 4.90 Å². The van der Waals surface area contributed by atoms with Crippen LogP contribution < -0.4 is 5.73 Å². The lowest BCUT2D eigenvalue weighted by atomic mass is 9.98. The van der Waals surface area contributed by atoms with Gasteiger partial charge in [0.15, 0.2) is 0 Å². The maximum absolute atomic E-state index is 12.9. The van der Waals surface area contributed by atoms with Crippen molar-refractivity contribution in [1.29, 1.82) is 0 Å². The Balaban J connectivity index is 2.17. The Bertz CT molecular complexity index is 983. The molecule has 0 saturated heterocycles. The van der Waals surface area contributed by atoms with E-state index in [4.69, 9.17) is 5.73 Å². The highest BCUT2D eigenvalue weighted by molar-refractivity contribution is 7.91. The van der Waals surface area contributed by atoms with Gasteiger partial charge in [-0.1, -0.05) is 48.5 Å². The van der Waals surface area contributed by atoms with E-state index < -0.39 is 9.84 Å². The van der Waals surface area contributed by atoms with E-state index in [2.05, 4.69) is 0 Å². The first-order chi connectivity index (χ1) is 12.0. The zero-order chi connectivity index (χ0) is 17.9. The second-order valence-electron chi connectivity index (χ2n) is 5.69. The van der Waals surface area contributed by atoms with Crippen LogP contribution in [0.25, 0.3) is 11.1 Å². The Morgan fingerprint density at radius 1 is 0.880 bits per heavy atom. The molecule has 4 nitrogen and oxygen atoms in total. The van der Waals surface area contributed by atoms with Crippen molar-refractivity contribution in [3.63, 3.8) is 0 Å². The molecule has 3 rings (SSSR count). The SMILES string of the molecule is NCCc1ccc(S(=O)(=O)c2ccccc2O)cc1-c1ccccc1. The maximum Gasteiger partial charge on any atom is 0.210 e. The highest BCUT2D eigenvalue weighted by Crippen LogP contribution is 2.32. The van der Waals surface area contributed by atoms with E-state index in [1.807, 2.05) is 30.3 Å². The number of hydrogen-bond acceptors (Lipinski definition) is 4. The maximum atomic E-state index is 12.9. The zero-order valence-corrected chi connectivity index (χ0v) is 14.4. The lowest BCUT2D eigenvalue weighted by Crippen LogP contribution is -2.06. The summed E-state index contributed by atoms with van der Waals surface area (Å²) in [5.41, 5.74) is 8.45. The van der Waals surface area contributed by atoms with Crippen molar-refractivity contribution in [3.05, 3.63) is 78.4 Å². The van der Waals surface area contributed by atoms with E-state index in [-0.39, 0.29) is 15.5 Å². The monoisotopic (exact) mass is 353 g/mol. The number of benzene rings is 3. The minimum atomic E-state index is -3.81. The van der Waals surface area contributed by atoms with Gasteiger partial charge >= 0.3 is 0 Å². The predicted molar refractivity (Wildman–Crippen MR) is 98.2 cm³/mol. The van der Waals surface area contributed by atoms with E-state index in [1.165, 1.54) is 12.1 Å². The molecule has 128 valence electrons. The smallest absolute Gasteiger partial charge is 0.210 e. The molecule has 0 aliphatic carbocycles. The molecular formula is C20H19NO3S. The summed E-state index contributed by atoms with van der Waals surface area (Å²) in [5, 5.41) is 9.94. The number of phenols is 1. The molecule has 0 radical (unpaired) electrons. The molecule has 0 aliphatic rings. The molecule has 0 heterocycles. The number of nitrogens with two attached hydrogens (primary N) is 1. The van der Waals surface area contributed by atoms with Gasteiger partial charge < -0.3 is 10.8 Å². The van der Waals surface area contributed by atoms with Gasteiger partial charge in [0.2, 0.25) is 9.84 Å². The summed E-state index contributed by atoms with van der Waals surface area (Å²) >= 11 is 0. The molecule has 0 aromatic heterocycles. The van der Waals surface area contributed by atoms with Gasteiger partial charge in [-0.3, -0.25) is 0 Å². The summed E-state index contributed by atoms with van der Waals surface area (Å²) in [6.45, 7) is 0.478. The first-order valence-corrected chi connectivity index (χ1v) is 9.44. The molecule has 3 aromatic carbocycles. The summed E-state index contributed by atoms with van der Waals surface area (Å²) in [7, 11) is -3.81. The average molecular weight is 353 g/mol. The second-order valence-corrected chi connectivity index (χ2v) is 7.61. The predicted octanol–water partition coefficient (Wildman–Crippen LogP) is 3.39. The molecule has 0 aliphatic heterocycles. The van der Waals surface area contributed by atoms with E-state index in [1.54, 1.807) is 30.3 Å². The lowest BCUT2D eigenvalue weighted by molar-refractivity contribution is 0.459. The van der Waals surface area contributed by atoms with Gasteiger partial charge in [-0.25, -0.2) is 8.42 Å². The Morgan fingerprint density at radius 2 is 1.56 bits per heavy atom. The largest absolute Gasteiger partial charge is 0.507 e. The summed E-state index contributed by atoms with van der Waals surface area (Å²) < 4.78 is 25.8. The van der Waals surface area contributed by atoms with Crippen LogP contribution >= 0.6 is 0 Å². The topological polar surface area (TPSA) is 80.4 Å². The fraction of sp³-hybridized carbons (Fsp3) is 0.100. The van der Waals surface area contributed by atoms with Gasteiger partial charge in [0.25, 0.3) is 0 Å². The third kappa shape index (κ3) is 3.43. The van der Waals surface area contributed by atoms with Crippen molar-refractivity contribution in [2.75, 3.05) is 6.54 Å². The van der Waals surface area contributed by atoms with Crippen LogP contribution in [0.3, 0.4) is 0 Å². The van der Waals surface area contributed by atoms with Crippen LogP contribution in [0.1, 0.15) is 5.56 Å². The van der Waals surface area contributed by atoms with Crippen LogP contribution in [0.5, 0.6) is 5.75 Å². The van der Waals surface area contributed by atoms with Crippen LogP contribution in [-0.2, 0) is 16.3 Å². The molecule has 0 amide bonds. The summed E-state index contributed by atoms with van der Waals surface area (Å²) in [6, 6.07) is 20.6. The third-order valence-corrected chi connectivity index (χ3v) is 5.84. The van der Waals surface area contributed by atoms with E-state index in [9.17, 15) is 13.5 Å². The van der Waals surface area contributed by atoms with Gasteiger partial charge in [-0.15, -0.1) is 0 Å². The first kappa shape index (κ1) is 17.2. The van der Waals surface area contributed by atoms with Crippen molar-refractivity contribution in [2.45, 2.75) is 16.2 Å². The zero-order valence-electron chi connectivity index (χ0n) is 13.6. The summed E-state index contributed by atoms with van der Waals surface area (Å²) in [4.78, 5) is 0.0502. The Hall–Kier alpha value is -2.63. The summed E-state index contributed by atoms with van der Waals surface area (Å²) in [6.07, 6.45) is 0.654. The number of rotatable bonds is 5. The fourth-order valence-corrected chi connectivity index (χ4v) is 4.17. The Labute approximate surface area is 147 Å². The molecule has 0 bridgehead atoms. The third-order valence-electron chi connectivity index (χ3n) is 4.04. The van der Waals surface area contributed by atoms with Crippen molar-refractivity contribution in [1.82, 2.24) is 0 Å². The molecule has 0 saturated carbocycles. The number of hydrogen-bond donors (Lipinski definition) is 2. The molecule has 3 aromatic rings. The van der Waals surface area contributed by atoms with E-state index in [0.29, 0.717) is 13.0 Å². The number of aromatic hydroxyl groups is 1. The second kappa shape index (κ2) is 7.09. The fourth-order valence-electron chi connectivity index (χ4n) is 2.79. The highest BCUT2D eigenvalue weighted by atomic mass is 32.2. The van der Waals surface area contributed by atoms with Gasteiger partial charge in [-0.2, -0.15) is 0 Å². The number of phenolic OH excluding ortho intramolecular Hbond substituents is 1. The van der Waals surface area contributed by atoms with Gasteiger partial charge in [0, 0.05) is 0 Å². The van der Waals surface area contributed by atoms with E-state index in [0.717, 1.165) is 16.7 Å². The quantitative estimate of drug-likeness (QED) is 0.737. The minimum absolute atomic E-state index is 0.0967. The molecule has 25 heavy (non-hydrogen) atoms. The van der Waals surface area contributed by atoms with Gasteiger partial charge in [0.1, 0.15) is 10.6 Å². The first-order valence-electron chi connectivity index (χ1n) is 7.95. The van der Waals surface area contributed by atoms with Crippen LogP contribution in [0.2, 0.25) is 0 Å². The molecule has 0 atom stereocenters. The minimum Gasteiger partial charge on any atom is -0.507 e. The Morgan fingerprint density at radius 3 is 2.24 bits per heavy atom. The van der Waals surface area contributed by atoms with Crippen LogP contribution in [0, 0.1) is 0 Å². The number of para-hydroxylation sites is 1. The standard InChI is InChI=1S/C20H19NO3S/c21-13-12-16-10-11-17(14-18(16)15-6-2-1-3-7-15)25(23,24)20-9-5-4-8-19(20)22/h1-11,14,22H,12-13,21H2. The Kier molecular flexibility index (Phi) is 4.88. The van der Waals surface area contributed by atoms with Crippen LogP contribution in [-0.4, -0.2) is 20.1 Å². The molecular weight excluding hydrogens is 334 g/mol. The normalized spacial score (nSPS) is 11.4. The molecule has 0 unspecified atom stereocenters. The van der Waals surface area contributed by atoms with Crippen molar-refractivity contribution in [3.8, 4) is 16.9 Å². The highest BCUT2D eigenvalue weighted by Gasteiger charge is 2.22. The molecule has 5 heteroatoms. The van der Waals surface area contributed by atoms with Crippen molar-refractivity contribution >= 4 is 9.84 Å². The van der Waals surface area contributed by atoms with E-state index >= 15 is 0 Å². The molecule has 0 fully saturated rings. The van der Waals surface area contributed by atoms with Crippen molar-refractivity contribution < 1.29 is 13.5 Å². The van der Waals surface area contributed by atoms with Crippen LogP contribution in [0.15, 0.2) is 82.6 Å².